The summed E-state index contributed by atoms with van der Waals surface area (Å²) in [6.07, 6.45) is 3.12. The quantitative estimate of drug-likeness (QED) is 0.552. The van der Waals surface area contributed by atoms with E-state index in [1.807, 2.05) is 19.9 Å². The highest BCUT2D eigenvalue weighted by Gasteiger charge is 2.02. The Bertz CT molecular complexity index is 437. The highest BCUT2D eigenvalue weighted by Crippen LogP contribution is 2.04. The van der Waals surface area contributed by atoms with Gasteiger partial charge in [-0.1, -0.05) is 12.5 Å². The smallest absolute Gasteiger partial charge is 0.305 e. The fourth-order valence-corrected chi connectivity index (χ4v) is 1.86. The Labute approximate surface area is 108 Å². The molecule has 0 aromatic carbocycles. The van der Waals surface area contributed by atoms with E-state index in [-0.39, 0.29) is 11.5 Å². The Hall–Kier alpha value is -1.58. The number of aromatic nitrogens is 1. The molecule has 18 heavy (non-hydrogen) atoms. The summed E-state index contributed by atoms with van der Waals surface area (Å²) in [4.78, 5) is 22.7. The molecule has 0 saturated carbocycles. The summed E-state index contributed by atoms with van der Waals surface area (Å²) in [5, 5.41) is 0. The van der Waals surface area contributed by atoms with E-state index in [0.717, 1.165) is 25.0 Å². The molecular formula is C14H21NO3. The topological polar surface area (TPSA) is 48.3 Å². The monoisotopic (exact) mass is 251 g/mol. The van der Waals surface area contributed by atoms with E-state index in [1.54, 1.807) is 16.7 Å². The zero-order valence-electron chi connectivity index (χ0n) is 11.1. The lowest BCUT2D eigenvalue weighted by atomic mass is 10.2. The van der Waals surface area contributed by atoms with Gasteiger partial charge in [0.15, 0.2) is 0 Å². The van der Waals surface area contributed by atoms with Crippen LogP contribution in [0, 0.1) is 6.92 Å². The molecule has 0 unspecified atom stereocenters. The Morgan fingerprint density at radius 3 is 2.72 bits per heavy atom. The van der Waals surface area contributed by atoms with Crippen molar-refractivity contribution in [3.8, 4) is 0 Å². The van der Waals surface area contributed by atoms with Gasteiger partial charge in [-0.15, -0.1) is 0 Å². The van der Waals surface area contributed by atoms with Gasteiger partial charge in [0, 0.05) is 24.7 Å². The molecule has 1 aromatic heterocycles. The van der Waals surface area contributed by atoms with Crippen LogP contribution in [-0.4, -0.2) is 17.1 Å². The van der Waals surface area contributed by atoms with Crippen LogP contribution in [-0.2, 0) is 16.1 Å². The molecule has 4 heteroatoms. The molecule has 0 atom stereocenters. The molecule has 4 nitrogen and oxygen atoms in total. The van der Waals surface area contributed by atoms with Crippen LogP contribution in [0.4, 0.5) is 0 Å². The van der Waals surface area contributed by atoms with Crippen LogP contribution in [0.25, 0.3) is 0 Å². The van der Waals surface area contributed by atoms with Crippen LogP contribution in [0.5, 0.6) is 0 Å². The van der Waals surface area contributed by atoms with E-state index < -0.39 is 0 Å². The lowest BCUT2D eigenvalue weighted by Crippen LogP contribution is -2.20. The SMILES string of the molecule is CCOC(=O)CCCCCn1c(C)cccc1=O. The fraction of sp³-hybridized carbons (Fsp3) is 0.571. The van der Waals surface area contributed by atoms with Crippen molar-refractivity contribution >= 4 is 5.97 Å². The minimum absolute atomic E-state index is 0.0420. The number of pyridine rings is 1. The maximum atomic E-state index is 11.6. The van der Waals surface area contributed by atoms with Gasteiger partial charge in [0.05, 0.1) is 6.61 Å². The first kappa shape index (κ1) is 14.5. The van der Waals surface area contributed by atoms with Gasteiger partial charge in [0.2, 0.25) is 0 Å². The van der Waals surface area contributed by atoms with E-state index in [0.29, 0.717) is 19.6 Å². The van der Waals surface area contributed by atoms with Gasteiger partial charge in [-0.3, -0.25) is 9.59 Å². The normalized spacial score (nSPS) is 10.3. The molecule has 0 N–H and O–H groups in total. The number of aryl methyl sites for hydroxylation is 1. The van der Waals surface area contributed by atoms with Crippen LogP contribution in [0.15, 0.2) is 23.0 Å². The summed E-state index contributed by atoms with van der Waals surface area (Å²) in [6, 6.07) is 5.28. The van der Waals surface area contributed by atoms with Crippen LogP contribution >= 0.6 is 0 Å². The summed E-state index contributed by atoms with van der Waals surface area (Å²) in [5.74, 6) is -0.134. The van der Waals surface area contributed by atoms with Crippen LogP contribution in [0.2, 0.25) is 0 Å². The van der Waals surface area contributed by atoms with Crippen molar-refractivity contribution in [1.29, 1.82) is 0 Å². The Balaban J connectivity index is 2.26. The molecule has 1 rings (SSSR count). The molecule has 1 aromatic rings. The van der Waals surface area contributed by atoms with Gasteiger partial charge in [-0.05, 0) is 32.8 Å². The molecule has 0 aliphatic carbocycles. The largest absolute Gasteiger partial charge is 0.466 e. The molecule has 1 heterocycles. The number of hydrogen-bond acceptors (Lipinski definition) is 3. The number of nitrogens with zero attached hydrogens (tertiary/aromatic N) is 1. The van der Waals surface area contributed by atoms with Crippen molar-refractivity contribution in [3.63, 3.8) is 0 Å². The minimum atomic E-state index is -0.134. The summed E-state index contributed by atoms with van der Waals surface area (Å²) in [5.41, 5.74) is 1.02. The average Bonchev–Trinajstić information content (AvgIpc) is 2.32. The first-order valence-corrected chi connectivity index (χ1v) is 6.47. The second kappa shape index (κ2) is 7.69. The van der Waals surface area contributed by atoms with Crippen molar-refractivity contribution in [1.82, 2.24) is 4.57 Å². The number of unbranched alkanes of at least 4 members (excludes halogenated alkanes) is 2. The van der Waals surface area contributed by atoms with E-state index in [9.17, 15) is 9.59 Å². The predicted octanol–water partition coefficient (Wildman–Crippen LogP) is 2.28. The number of esters is 1. The molecule has 0 amide bonds. The second-order valence-electron chi connectivity index (χ2n) is 4.27. The maximum Gasteiger partial charge on any atom is 0.305 e. The molecule has 0 saturated heterocycles. The van der Waals surface area contributed by atoms with Crippen LogP contribution in [0.1, 0.15) is 38.3 Å². The number of hydrogen-bond donors (Lipinski definition) is 0. The number of ether oxygens (including phenoxy) is 1. The Morgan fingerprint density at radius 2 is 2.06 bits per heavy atom. The lowest BCUT2D eigenvalue weighted by molar-refractivity contribution is -0.143. The van der Waals surface area contributed by atoms with E-state index in [2.05, 4.69) is 0 Å². The third-order valence-electron chi connectivity index (χ3n) is 2.84. The summed E-state index contributed by atoms with van der Waals surface area (Å²) < 4.78 is 6.62. The summed E-state index contributed by atoms with van der Waals surface area (Å²) in [7, 11) is 0. The van der Waals surface area contributed by atoms with Gasteiger partial charge >= 0.3 is 5.97 Å². The van der Waals surface area contributed by atoms with Gasteiger partial charge in [-0.25, -0.2) is 0 Å². The first-order valence-electron chi connectivity index (χ1n) is 6.47. The predicted molar refractivity (Wildman–Crippen MR) is 70.5 cm³/mol. The lowest BCUT2D eigenvalue weighted by Gasteiger charge is -2.08. The summed E-state index contributed by atoms with van der Waals surface area (Å²) in [6.45, 7) is 4.90. The van der Waals surface area contributed by atoms with Crippen molar-refractivity contribution in [2.75, 3.05) is 6.61 Å². The van der Waals surface area contributed by atoms with Crippen LogP contribution in [0.3, 0.4) is 0 Å². The maximum absolute atomic E-state index is 11.6. The number of carbonyl (C=O) groups is 1. The molecule has 100 valence electrons. The van der Waals surface area contributed by atoms with E-state index >= 15 is 0 Å². The number of rotatable bonds is 7. The van der Waals surface area contributed by atoms with E-state index in [4.69, 9.17) is 4.74 Å². The first-order chi connectivity index (χ1) is 8.65. The highest BCUT2D eigenvalue weighted by molar-refractivity contribution is 5.69. The van der Waals surface area contributed by atoms with Crippen molar-refractivity contribution < 1.29 is 9.53 Å². The van der Waals surface area contributed by atoms with E-state index in [1.165, 1.54) is 0 Å². The molecular weight excluding hydrogens is 230 g/mol. The second-order valence-corrected chi connectivity index (χ2v) is 4.27. The molecule has 0 spiro atoms. The molecule has 0 fully saturated rings. The van der Waals surface area contributed by atoms with Crippen molar-refractivity contribution in [3.05, 3.63) is 34.2 Å². The molecule has 0 aliphatic rings. The molecule has 0 radical (unpaired) electrons. The van der Waals surface area contributed by atoms with Gasteiger partial charge in [0.1, 0.15) is 0 Å². The standard InChI is InChI=1S/C14H21NO3/c1-3-18-14(17)10-5-4-6-11-15-12(2)8-7-9-13(15)16/h7-9H,3-6,10-11H2,1-2H3. The Morgan fingerprint density at radius 1 is 1.28 bits per heavy atom. The minimum Gasteiger partial charge on any atom is -0.466 e. The Kier molecular flexibility index (Phi) is 6.19. The van der Waals surface area contributed by atoms with Crippen LogP contribution < -0.4 is 5.56 Å². The summed E-state index contributed by atoms with van der Waals surface area (Å²) >= 11 is 0. The van der Waals surface area contributed by atoms with Crippen molar-refractivity contribution in [2.45, 2.75) is 46.1 Å². The van der Waals surface area contributed by atoms with Gasteiger partial charge in [0.25, 0.3) is 5.56 Å². The van der Waals surface area contributed by atoms with Gasteiger partial charge < -0.3 is 9.30 Å². The highest BCUT2D eigenvalue weighted by atomic mass is 16.5. The van der Waals surface area contributed by atoms with Crippen molar-refractivity contribution in [2.24, 2.45) is 0 Å². The fourth-order valence-electron chi connectivity index (χ4n) is 1.86. The average molecular weight is 251 g/mol. The third-order valence-corrected chi connectivity index (χ3v) is 2.84. The molecule has 0 bridgehead atoms. The third kappa shape index (κ3) is 4.73. The molecule has 0 aliphatic heterocycles. The zero-order chi connectivity index (χ0) is 13.4. The van der Waals surface area contributed by atoms with Gasteiger partial charge in [-0.2, -0.15) is 0 Å². The zero-order valence-corrected chi connectivity index (χ0v) is 11.1. The number of carbonyl (C=O) groups excluding carboxylic acids is 1.